The van der Waals surface area contributed by atoms with Gasteiger partial charge in [0.05, 0.1) is 13.2 Å². The van der Waals surface area contributed by atoms with Gasteiger partial charge in [-0.15, -0.1) is 0 Å². The molecular weight excluding hydrogens is 204 g/mol. The van der Waals surface area contributed by atoms with Crippen molar-refractivity contribution in [3.05, 3.63) is 0 Å². The fourth-order valence-corrected chi connectivity index (χ4v) is 1.70. The molecule has 1 aliphatic heterocycles. The van der Waals surface area contributed by atoms with E-state index in [0.29, 0.717) is 18.5 Å². The first-order valence-corrected chi connectivity index (χ1v) is 6.26. The van der Waals surface area contributed by atoms with Crippen LogP contribution in [0.4, 0.5) is 0 Å². The number of rotatable bonds is 6. The van der Waals surface area contributed by atoms with E-state index in [-0.39, 0.29) is 5.91 Å². The molecule has 1 aliphatic rings. The van der Waals surface area contributed by atoms with E-state index in [0.717, 1.165) is 39.0 Å². The van der Waals surface area contributed by atoms with Crippen molar-refractivity contribution < 1.29 is 9.53 Å². The largest absolute Gasteiger partial charge is 0.380 e. The molecule has 0 spiro atoms. The van der Waals surface area contributed by atoms with Crippen molar-refractivity contribution in [1.82, 2.24) is 10.6 Å². The molecule has 1 unspecified atom stereocenters. The van der Waals surface area contributed by atoms with Crippen molar-refractivity contribution in [3.8, 4) is 0 Å². The lowest BCUT2D eigenvalue weighted by Gasteiger charge is -2.22. The van der Waals surface area contributed by atoms with Gasteiger partial charge < -0.3 is 15.4 Å². The average Bonchev–Trinajstić information content (AvgIpc) is 2.27. The Bertz CT molecular complexity index is 201. The molecule has 1 saturated heterocycles. The Balaban J connectivity index is 2.00. The van der Waals surface area contributed by atoms with Gasteiger partial charge in [-0.1, -0.05) is 13.8 Å². The summed E-state index contributed by atoms with van der Waals surface area (Å²) >= 11 is 0. The summed E-state index contributed by atoms with van der Waals surface area (Å²) in [5, 5.41) is 6.13. The fourth-order valence-electron chi connectivity index (χ4n) is 1.70. The van der Waals surface area contributed by atoms with Crippen molar-refractivity contribution in [2.75, 3.05) is 26.3 Å². The summed E-state index contributed by atoms with van der Waals surface area (Å²) in [5.41, 5.74) is 0. The third kappa shape index (κ3) is 6.08. The number of carbonyl (C=O) groups excluding carboxylic acids is 1. The Morgan fingerprint density at radius 1 is 1.50 bits per heavy atom. The highest BCUT2D eigenvalue weighted by Gasteiger charge is 2.13. The number of nitrogens with one attached hydrogen (secondary N) is 2. The smallest absolute Gasteiger partial charge is 0.233 e. The minimum absolute atomic E-state index is 0.0891. The van der Waals surface area contributed by atoms with Gasteiger partial charge in [0.15, 0.2) is 0 Å². The standard InChI is InChI=1S/C12H24N2O2/c1-10(2)5-6-13-12(15)8-14-11-4-3-7-16-9-11/h10-11,14H,3-9H2,1-2H3,(H,13,15). The van der Waals surface area contributed by atoms with Gasteiger partial charge in [-0.2, -0.15) is 0 Å². The second kappa shape index (κ2) is 7.63. The molecule has 0 radical (unpaired) electrons. The third-order valence-electron chi connectivity index (χ3n) is 2.76. The third-order valence-corrected chi connectivity index (χ3v) is 2.76. The van der Waals surface area contributed by atoms with Crippen molar-refractivity contribution in [2.45, 2.75) is 39.2 Å². The Morgan fingerprint density at radius 3 is 2.94 bits per heavy atom. The summed E-state index contributed by atoms with van der Waals surface area (Å²) in [6.45, 7) is 7.09. The minimum atomic E-state index is 0.0891. The van der Waals surface area contributed by atoms with Crippen LogP contribution in [0, 0.1) is 5.92 Å². The van der Waals surface area contributed by atoms with Gasteiger partial charge in [-0.05, 0) is 25.2 Å². The van der Waals surface area contributed by atoms with E-state index in [2.05, 4.69) is 24.5 Å². The number of ether oxygens (including phenoxy) is 1. The van der Waals surface area contributed by atoms with Crippen LogP contribution in [-0.2, 0) is 9.53 Å². The van der Waals surface area contributed by atoms with Crippen LogP contribution in [-0.4, -0.2) is 38.3 Å². The van der Waals surface area contributed by atoms with Crippen LogP contribution >= 0.6 is 0 Å². The topological polar surface area (TPSA) is 50.4 Å². The van der Waals surface area contributed by atoms with E-state index in [1.807, 2.05) is 0 Å². The molecule has 2 N–H and O–H groups in total. The van der Waals surface area contributed by atoms with Crippen LogP contribution in [0.15, 0.2) is 0 Å². The molecule has 0 aliphatic carbocycles. The number of hydrogen-bond acceptors (Lipinski definition) is 3. The molecule has 0 bridgehead atoms. The van der Waals surface area contributed by atoms with Gasteiger partial charge in [0.2, 0.25) is 5.91 Å². The monoisotopic (exact) mass is 228 g/mol. The highest BCUT2D eigenvalue weighted by Crippen LogP contribution is 2.04. The van der Waals surface area contributed by atoms with Crippen LogP contribution in [0.1, 0.15) is 33.1 Å². The van der Waals surface area contributed by atoms with Crippen LogP contribution in [0.3, 0.4) is 0 Å². The van der Waals surface area contributed by atoms with Crippen molar-refractivity contribution >= 4 is 5.91 Å². The molecule has 0 aromatic heterocycles. The summed E-state index contributed by atoms with van der Waals surface area (Å²) in [7, 11) is 0. The highest BCUT2D eigenvalue weighted by atomic mass is 16.5. The molecule has 16 heavy (non-hydrogen) atoms. The zero-order valence-corrected chi connectivity index (χ0v) is 10.4. The SMILES string of the molecule is CC(C)CCNC(=O)CNC1CCCOC1. The zero-order chi connectivity index (χ0) is 11.8. The number of amides is 1. The predicted molar refractivity (Wildman–Crippen MR) is 64.3 cm³/mol. The van der Waals surface area contributed by atoms with E-state index in [1.54, 1.807) is 0 Å². The van der Waals surface area contributed by atoms with Gasteiger partial charge in [0.25, 0.3) is 0 Å². The lowest BCUT2D eigenvalue weighted by Crippen LogP contribution is -2.43. The van der Waals surface area contributed by atoms with Crippen molar-refractivity contribution in [2.24, 2.45) is 5.92 Å². The maximum atomic E-state index is 11.5. The minimum Gasteiger partial charge on any atom is -0.380 e. The first-order chi connectivity index (χ1) is 7.68. The summed E-state index contributed by atoms with van der Waals surface area (Å²) in [6.07, 6.45) is 3.24. The molecule has 1 fully saturated rings. The molecule has 1 atom stereocenters. The van der Waals surface area contributed by atoms with Crippen LogP contribution in [0.2, 0.25) is 0 Å². The Labute approximate surface area is 98.1 Å². The summed E-state index contributed by atoms with van der Waals surface area (Å²) in [5.74, 6) is 0.728. The molecule has 1 rings (SSSR count). The van der Waals surface area contributed by atoms with Crippen molar-refractivity contribution in [1.29, 1.82) is 0 Å². The second-order valence-electron chi connectivity index (χ2n) is 4.83. The first kappa shape index (κ1) is 13.5. The van der Waals surface area contributed by atoms with Gasteiger partial charge >= 0.3 is 0 Å². The normalized spacial score (nSPS) is 21.1. The van der Waals surface area contributed by atoms with E-state index in [9.17, 15) is 4.79 Å². The van der Waals surface area contributed by atoms with Crippen molar-refractivity contribution in [3.63, 3.8) is 0 Å². The predicted octanol–water partition coefficient (Wildman–Crippen LogP) is 0.917. The molecular formula is C12H24N2O2. The average molecular weight is 228 g/mol. The van der Waals surface area contributed by atoms with E-state index in [4.69, 9.17) is 4.74 Å². The summed E-state index contributed by atoms with van der Waals surface area (Å²) in [6, 6.07) is 0.351. The summed E-state index contributed by atoms with van der Waals surface area (Å²) in [4.78, 5) is 11.5. The quantitative estimate of drug-likeness (QED) is 0.710. The Hall–Kier alpha value is -0.610. The van der Waals surface area contributed by atoms with Gasteiger partial charge in [-0.3, -0.25) is 4.79 Å². The molecule has 1 heterocycles. The van der Waals surface area contributed by atoms with Gasteiger partial charge in [-0.25, -0.2) is 0 Å². The van der Waals surface area contributed by atoms with Crippen LogP contribution in [0.5, 0.6) is 0 Å². The Kier molecular flexibility index (Phi) is 6.42. The second-order valence-corrected chi connectivity index (χ2v) is 4.83. The van der Waals surface area contributed by atoms with Gasteiger partial charge in [0.1, 0.15) is 0 Å². The number of hydrogen-bond donors (Lipinski definition) is 2. The van der Waals surface area contributed by atoms with E-state index in [1.165, 1.54) is 0 Å². The Morgan fingerprint density at radius 2 is 2.31 bits per heavy atom. The molecule has 0 aromatic rings. The van der Waals surface area contributed by atoms with Crippen LogP contribution < -0.4 is 10.6 Å². The van der Waals surface area contributed by atoms with E-state index >= 15 is 0 Å². The van der Waals surface area contributed by atoms with E-state index < -0.39 is 0 Å². The lowest BCUT2D eigenvalue weighted by atomic mass is 10.1. The summed E-state index contributed by atoms with van der Waals surface area (Å²) < 4.78 is 5.33. The lowest BCUT2D eigenvalue weighted by molar-refractivity contribution is -0.120. The maximum Gasteiger partial charge on any atom is 0.233 e. The first-order valence-electron chi connectivity index (χ1n) is 6.26. The molecule has 0 saturated carbocycles. The van der Waals surface area contributed by atoms with Crippen LogP contribution in [0.25, 0.3) is 0 Å². The fraction of sp³-hybridized carbons (Fsp3) is 0.917. The maximum absolute atomic E-state index is 11.5. The highest BCUT2D eigenvalue weighted by molar-refractivity contribution is 5.77. The molecule has 4 heteroatoms. The zero-order valence-electron chi connectivity index (χ0n) is 10.4. The molecule has 94 valence electrons. The molecule has 0 aromatic carbocycles. The molecule has 1 amide bonds. The molecule has 4 nitrogen and oxygen atoms in total. The van der Waals surface area contributed by atoms with Gasteiger partial charge in [0, 0.05) is 19.2 Å². The number of carbonyl (C=O) groups is 1.